The lowest BCUT2D eigenvalue weighted by Gasteiger charge is -2.26. The zero-order valence-electron chi connectivity index (χ0n) is 22.7. The van der Waals surface area contributed by atoms with E-state index in [4.69, 9.17) is 11.5 Å². The fourth-order valence-electron chi connectivity index (χ4n) is 5.15. The summed E-state index contributed by atoms with van der Waals surface area (Å²) in [5.74, 6) is 0. The normalized spacial score (nSPS) is 11.9. The van der Waals surface area contributed by atoms with E-state index in [1.54, 1.807) is 0 Å². The zero-order chi connectivity index (χ0) is 26.9. The molecule has 0 aromatic heterocycles. The van der Waals surface area contributed by atoms with Crippen LogP contribution in [-0.4, -0.2) is 0 Å². The molecule has 2 nitrogen and oxygen atoms in total. The molecule has 0 saturated carbocycles. The number of nitrogen functional groups attached to an aromatic ring is 2. The van der Waals surface area contributed by atoms with Crippen LogP contribution in [0.1, 0.15) is 49.9 Å². The summed E-state index contributed by atoms with van der Waals surface area (Å²) in [6, 6.07) is 43.0. The first kappa shape index (κ1) is 25.4. The molecular formula is C36H36N2. The fraction of sp³-hybridized carbons (Fsp3) is 0.167. The Balaban J connectivity index is 1.32. The van der Waals surface area contributed by atoms with E-state index in [1.807, 2.05) is 24.3 Å². The summed E-state index contributed by atoms with van der Waals surface area (Å²) in [5.41, 5.74) is 23.1. The average Bonchev–Trinajstić information content (AvgIpc) is 2.94. The predicted octanol–water partition coefficient (Wildman–Crippen LogP) is 8.84. The molecule has 0 aliphatic heterocycles. The van der Waals surface area contributed by atoms with Gasteiger partial charge < -0.3 is 11.5 Å². The molecule has 0 aliphatic rings. The van der Waals surface area contributed by atoms with Crippen molar-refractivity contribution >= 4 is 11.4 Å². The number of hydrogen-bond donors (Lipinski definition) is 2. The van der Waals surface area contributed by atoms with Crippen LogP contribution in [0.4, 0.5) is 11.4 Å². The lowest BCUT2D eigenvalue weighted by Crippen LogP contribution is -2.18. The number of rotatable bonds is 6. The van der Waals surface area contributed by atoms with Gasteiger partial charge in [0.15, 0.2) is 0 Å². The Labute approximate surface area is 227 Å². The first-order valence-corrected chi connectivity index (χ1v) is 13.2. The highest BCUT2D eigenvalue weighted by molar-refractivity contribution is 5.71. The molecule has 0 atom stereocenters. The number of benzene rings is 5. The topological polar surface area (TPSA) is 52.0 Å². The molecule has 0 heterocycles. The van der Waals surface area contributed by atoms with E-state index in [0.29, 0.717) is 0 Å². The van der Waals surface area contributed by atoms with Gasteiger partial charge in [-0.1, -0.05) is 125 Å². The van der Waals surface area contributed by atoms with Crippen LogP contribution in [0.2, 0.25) is 0 Å². The van der Waals surface area contributed by atoms with Crippen LogP contribution in [0.25, 0.3) is 22.3 Å². The summed E-state index contributed by atoms with van der Waals surface area (Å²) < 4.78 is 0. The van der Waals surface area contributed by atoms with E-state index in [0.717, 1.165) is 11.4 Å². The Morgan fingerprint density at radius 2 is 0.500 bits per heavy atom. The second-order valence-corrected chi connectivity index (χ2v) is 11.2. The molecule has 0 aliphatic carbocycles. The Morgan fingerprint density at radius 3 is 0.737 bits per heavy atom. The molecular weight excluding hydrogens is 460 g/mol. The largest absolute Gasteiger partial charge is 0.399 e. The van der Waals surface area contributed by atoms with E-state index >= 15 is 0 Å². The first-order valence-electron chi connectivity index (χ1n) is 13.2. The molecule has 5 aromatic rings. The molecule has 0 spiro atoms. The fourth-order valence-corrected chi connectivity index (χ4v) is 5.15. The third-order valence-corrected chi connectivity index (χ3v) is 8.03. The SMILES string of the molecule is CC(C)(c1ccc(N)cc1)c1ccc(-c2ccc(-c3ccc(C(C)(C)c4ccc(N)cc4)cc3)cc2)cc1. The molecule has 0 saturated heterocycles. The van der Waals surface area contributed by atoms with Gasteiger partial charge in [-0.25, -0.2) is 0 Å². The molecule has 5 rings (SSSR count). The third-order valence-electron chi connectivity index (χ3n) is 8.03. The number of hydrogen-bond acceptors (Lipinski definition) is 2. The highest BCUT2D eigenvalue weighted by Crippen LogP contribution is 2.35. The molecule has 0 amide bonds. The van der Waals surface area contributed by atoms with Gasteiger partial charge in [0.25, 0.3) is 0 Å². The molecule has 4 N–H and O–H groups in total. The summed E-state index contributed by atoms with van der Waals surface area (Å²) in [5, 5.41) is 0. The van der Waals surface area contributed by atoms with E-state index in [1.165, 1.54) is 44.5 Å². The molecule has 2 heteroatoms. The Kier molecular flexibility index (Phi) is 6.59. The molecule has 0 unspecified atom stereocenters. The minimum absolute atomic E-state index is 0.0926. The maximum atomic E-state index is 5.89. The van der Waals surface area contributed by atoms with Crippen molar-refractivity contribution in [3.63, 3.8) is 0 Å². The molecule has 190 valence electrons. The van der Waals surface area contributed by atoms with E-state index in [2.05, 4.69) is 125 Å². The van der Waals surface area contributed by atoms with E-state index < -0.39 is 0 Å². The molecule has 38 heavy (non-hydrogen) atoms. The van der Waals surface area contributed by atoms with Gasteiger partial charge in [0.05, 0.1) is 0 Å². The zero-order valence-corrected chi connectivity index (χ0v) is 22.7. The minimum Gasteiger partial charge on any atom is -0.399 e. The summed E-state index contributed by atoms with van der Waals surface area (Å²) >= 11 is 0. The van der Waals surface area contributed by atoms with Gasteiger partial charge in [-0.3, -0.25) is 0 Å². The Morgan fingerprint density at radius 1 is 0.316 bits per heavy atom. The predicted molar refractivity (Wildman–Crippen MR) is 163 cm³/mol. The Hall–Kier alpha value is -4.30. The van der Waals surface area contributed by atoms with Crippen LogP contribution in [0.5, 0.6) is 0 Å². The van der Waals surface area contributed by atoms with Crippen molar-refractivity contribution in [1.82, 2.24) is 0 Å². The first-order chi connectivity index (χ1) is 18.1. The maximum absolute atomic E-state index is 5.89. The van der Waals surface area contributed by atoms with Gasteiger partial charge in [-0.2, -0.15) is 0 Å². The van der Waals surface area contributed by atoms with E-state index in [9.17, 15) is 0 Å². The third kappa shape index (κ3) is 4.95. The van der Waals surface area contributed by atoms with Crippen LogP contribution in [0.15, 0.2) is 121 Å². The van der Waals surface area contributed by atoms with Crippen LogP contribution in [-0.2, 0) is 10.8 Å². The monoisotopic (exact) mass is 496 g/mol. The number of nitrogens with two attached hydrogens (primary N) is 2. The van der Waals surface area contributed by atoms with Crippen molar-refractivity contribution in [3.8, 4) is 22.3 Å². The van der Waals surface area contributed by atoms with Crippen molar-refractivity contribution in [2.24, 2.45) is 0 Å². The van der Waals surface area contributed by atoms with E-state index in [-0.39, 0.29) is 10.8 Å². The van der Waals surface area contributed by atoms with Gasteiger partial charge in [0.1, 0.15) is 0 Å². The standard InChI is InChI=1S/C36H36N2/c1-35(2,31-17-21-33(37)22-18-31)29-13-9-27(10-14-29)25-5-7-26(8-6-25)28-11-15-30(16-12-28)36(3,4)32-19-23-34(38)24-20-32/h5-24H,37-38H2,1-4H3. The quantitative estimate of drug-likeness (QED) is 0.231. The van der Waals surface area contributed by atoms with Crippen LogP contribution >= 0.6 is 0 Å². The van der Waals surface area contributed by atoms with Crippen LogP contribution in [0.3, 0.4) is 0 Å². The van der Waals surface area contributed by atoms with Crippen LogP contribution < -0.4 is 11.5 Å². The molecule has 5 aromatic carbocycles. The van der Waals surface area contributed by atoms with Crippen molar-refractivity contribution in [2.75, 3.05) is 11.5 Å². The highest BCUT2D eigenvalue weighted by atomic mass is 14.5. The van der Waals surface area contributed by atoms with Crippen molar-refractivity contribution in [2.45, 2.75) is 38.5 Å². The Bertz CT molecular complexity index is 1390. The summed E-state index contributed by atoms with van der Waals surface area (Å²) in [4.78, 5) is 0. The maximum Gasteiger partial charge on any atom is 0.0314 e. The minimum atomic E-state index is -0.0926. The molecule has 0 fully saturated rings. The average molecular weight is 497 g/mol. The smallest absolute Gasteiger partial charge is 0.0314 e. The van der Waals surface area contributed by atoms with Gasteiger partial charge in [0.2, 0.25) is 0 Å². The summed E-state index contributed by atoms with van der Waals surface area (Å²) in [7, 11) is 0. The van der Waals surface area contributed by atoms with Gasteiger partial charge in [-0.05, 0) is 68.8 Å². The van der Waals surface area contributed by atoms with Gasteiger partial charge >= 0.3 is 0 Å². The lowest BCUT2D eigenvalue weighted by molar-refractivity contribution is 0.641. The van der Waals surface area contributed by atoms with Crippen molar-refractivity contribution in [3.05, 3.63) is 144 Å². The lowest BCUT2D eigenvalue weighted by atomic mass is 9.77. The van der Waals surface area contributed by atoms with Gasteiger partial charge in [0, 0.05) is 22.2 Å². The van der Waals surface area contributed by atoms with Crippen molar-refractivity contribution in [1.29, 1.82) is 0 Å². The van der Waals surface area contributed by atoms with Crippen molar-refractivity contribution < 1.29 is 0 Å². The summed E-state index contributed by atoms with van der Waals surface area (Å²) in [6.45, 7) is 9.02. The number of anilines is 2. The van der Waals surface area contributed by atoms with Crippen LogP contribution in [0, 0.1) is 0 Å². The van der Waals surface area contributed by atoms with Gasteiger partial charge in [-0.15, -0.1) is 0 Å². The summed E-state index contributed by atoms with van der Waals surface area (Å²) in [6.07, 6.45) is 0. The second kappa shape index (κ2) is 9.87. The molecule has 0 bridgehead atoms. The molecule has 0 radical (unpaired) electrons. The second-order valence-electron chi connectivity index (χ2n) is 11.2. The highest BCUT2D eigenvalue weighted by Gasteiger charge is 2.24.